The van der Waals surface area contributed by atoms with Crippen LogP contribution in [0.5, 0.6) is 0 Å². The Morgan fingerprint density at radius 2 is 1.92 bits per heavy atom. The van der Waals surface area contributed by atoms with E-state index in [0.717, 1.165) is 18.3 Å². The Bertz CT molecular complexity index is 230. The molecule has 1 rings (SSSR count). The zero-order chi connectivity index (χ0) is 8.97. The Morgan fingerprint density at radius 1 is 1.33 bits per heavy atom. The Morgan fingerprint density at radius 3 is 2.42 bits per heavy atom. The van der Waals surface area contributed by atoms with E-state index < -0.39 is 0 Å². The highest BCUT2D eigenvalue weighted by Gasteiger charge is 1.99. The van der Waals surface area contributed by atoms with Gasteiger partial charge in [0.1, 0.15) is 7.85 Å². The predicted octanol–water partition coefficient (Wildman–Crippen LogP) is 0.760. The van der Waals surface area contributed by atoms with Gasteiger partial charge in [-0.05, 0) is 18.4 Å². The van der Waals surface area contributed by atoms with E-state index in [-0.39, 0.29) is 6.04 Å². The Hall–Kier alpha value is -0.755. The van der Waals surface area contributed by atoms with Crippen LogP contribution in [0.3, 0.4) is 0 Å². The molecule has 0 fully saturated rings. The van der Waals surface area contributed by atoms with E-state index >= 15 is 0 Å². The molecular formula is C10H14BN. The van der Waals surface area contributed by atoms with Crippen LogP contribution in [0.15, 0.2) is 24.3 Å². The van der Waals surface area contributed by atoms with Crippen molar-refractivity contribution in [1.82, 2.24) is 0 Å². The fraction of sp³-hybridized carbons (Fsp3) is 0.400. The van der Waals surface area contributed by atoms with Crippen molar-refractivity contribution in [2.75, 3.05) is 0 Å². The lowest BCUT2D eigenvalue weighted by molar-refractivity contribution is 0.646. The first-order chi connectivity index (χ1) is 5.72. The maximum absolute atomic E-state index is 5.81. The molecular weight excluding hydrogens is 145 g/mol. The summed E-state index contributed by atoms with van der Waals surface area (Å²) in [5, 5.41) is 0. The lowest BCUT2D eigenvalue weighted by atomic mass is 9.94. The molecule has 0 amide bonds. The van der Waals surface area contributed by atoms with Gasteiger partial charge in [-0.2, -0.15) is 0 Å². The number of benzene rings is 1. The lowest BCUT2D eigenvalue weighted by Crippen LogP contribution is -2.21. The molecule has 62 valence electrons. The smallest absolute Gasteiger partial charge is 0.113 e. The van der Waals surface area contributed by atoms with Gasteiger partial charge in [-0.25, -0.2) is 0 Å². The number of rotatable bonds is 3. The second-order valence-electron chi connectivity index (χ2n) is 3.11. The first-order valence-corrected chi connectivity index (χ1v) is 4.32. The standard InChI is InChI=1S/C10H14BN/c1-2-10(12)7-8-3-5-9(11)6-4-8/h3-6,10H,2,7,12H2,1H3. The van der Waals surface area contributed by atoms with Gasteiger partial charge in [-0.1, -0.05) is 36.7 Å². The van der Waals surface area contributed by atoms with E-state index in [9.17, 15) is 0 Å². The molecule has 1 nitrogen and oxygen atoms in total. The molecule has 2 N–H and O–H groups in total. The Labute approximate surface area is 75.4 Å². The van der Waals surface area contributed by atoms with Crippen LogP contribution < -0.4 is 11.2 Å². The molecule has 2 radical (unpaired) electrons. The molecule has 0 spiro atoms. The van der Waals surface area contributed by atoms with Gasteiger partial charge < -0.3 is 5.73 Å². The van der Waals surface area contributed by atoms with Crippen LogP contribution >= 0.6 is 0 Å². The highest BCUT2D eigenvalue weighted by molar-refractivity contribution is 6.32. The first-order valence-electron chi connectivity index (χ1n) is 4.32. The van der Waals surface area contributed by atoms with Crippen LogP contribution in [0.1, 0.15) is 18.9 Å². The number of hydrogen-bond donors (Lipinski definition) is 1. The molecule has 0 bridgehead atoms. The maximum atomic E-state index is 5.81. The van der Waals surface area contributed by atoms with Gasteiger partial charge >= 0.3 is 0 Å². The molecule has 0 aliphatic heterocycles. The van der Waals surface area contributed by atoms with Crippen molar-refractivity contribution in [3.05, 3.63) is 29.8 Å². The van der Waals surface area contributed by atoms with Gasteiger partial charge in [0.25, 0.3) is 0 Å². The summed E-state index contributed by atoms with van der Waals surface area (Å²) < 4.78 is 0. The van der Waals surface area contributed by atoms with Gasteiger partial charge in [0.15, 0.2) is 0 Å². The van der Waals surface area contributed by atoms with Gasteiger partial charge in [-0.3, -0.25) is 0 Å². The van der Waals surface area contributed by atoms with E-state index in [4.69, 9.17) is 13.6 Å². The van der Waals surface area contributed by atoms with Crippen molar-refractivity contribution in [3.63, 3.8) is 0 Å². The molecule has 0 saturated heterocycles. The topological polar surface area (TPSA) is 26.0 Å². The highest BCUT2D eigenvalue weighted by Crippen LogP contribution is 2.01. The summed E-state index contributed by atoms with van der Waals surface area (Å²) in [4.78, 5) is 0. The van der Waals surface area contributed by atoms with Gasteiger partial charge in [0.05, 0.1) is 0 Å². The zero-order valence-electron chi connectivity index (χ0n) is 7.46. The molecule has 0 saturated carbocycles. The minimum Gasteiger partial charge on any atom is -0.327 e. The molecule has 1 aromatic carbocycles. The average molecular weight is 159 g/mol. The molecule has 12 heavy (non-hydrogen) atoms. The van der Waals surface area contributed by atoms with Crippen molar-refractivity contribution in [2.24, 2.45) is 5.73 Å². The quantitative estimate of drug-likeness (QED) is 0.647. The van der Waals surface area contributed by atoms with Crippen LogP contribution in [0.25, 0.3) is 0 Å². The van der Waals surface area contributed by atoms with Crippen LogP contribution in [0.4, 0.5) is 0 Å². The molecule has 0 heterocycles. The number of nitrogens with two attached hydrogens (primary N) is 1. The summed E-state index contributed by atoms with van der Waals surface area (Å²) in [6.07, 6.45) is 1.96. The molecule has 1 atom stereocenters. The van der Waals surface area contributed by atoms with Crippen LogP contribution in [-0.4, -0.2) is 13.9 Å². The van der Waals surface area contributed by atoms with E-state index in [1.54, 1.807) is 0 Å². The van der Waals surface area contributed by atoms with Crippen LogP contribution in [0, 0.1) is 0 Å². The second-order valence-corrected chi connectivity index (χ2v) is 3.11. The Kier molecular flexibility index (Phi) is 3.36. The SMILES string of the molecule is [B]c1ccc(CC(N)CC)cc1. The van der Waals surface area contributed by atoms with Gasteiger partial charge in [0, 0.05) is 6.04 Å². The third-order valence-electron chi connectivity index (χ3n) is 2.00. The largest absolute Gasteiger partial charge is 0.327 e. The van der Waals surface area contributed by atoms with Crippen molar-refractivity contribution >= 4 is 13.3 Å². The third kappa shape index (κ3) is 2.70. The summed E-state index contributed by atoms with van der Waals surface area (Å²) in [6, 6.07) is 8.17. The summed E-state index contributed by atoms with van der Waals surface area (Å²) in [5.74, 6) is 0. The summed E-state index contributed by atoms with van der Waals surface area (Å²) in [6.45, 7) is 2.10. The Balaban J connectivity index is 2.58. The molecule has 2 heteroatoms. The molecule has 0 aliphatic rings. The minimum atomic E-state index is 0.272. The third-order valence-corrected chi connectivity index (χ3v) is 2.00. The molecule has 1 aromatic rings. The monoisotopic (exact) mass is 159 g/mol. The maximum Gasteiger partial charge on any atom is 0.113 e. The average Bonchev–Trinajstić information content (AvgIpc) is 2.09. The zero-order valence-corrected chi connectivity index (χ0v) is 7.46. The fourth-order valence-corrected chi connectivity index (χ4v) is 1.10. The van der Waals surface area contributed by atoms with Crippen LogP contribution in [-0.2, 0) is 6.42 Å². The molecule has 1 unspecified atom stereocenters. The van der Waals surface area contributed by atoms with Crippen molar-refractivity contribution in [1.29, 1.82) is 0 Å². The normalized spacial score (nSPS) is 12.8. The van der Waals surface area contributed by atoms with Gasteiger partial charge in [-0.15, -0.1) is 0 Å². The molecule has 0 aliphatic carbocycles. The predicted molar refractivity (Wildman–Crippen MR) is 53.8 cm³/mol. The molecule has 0 aromatic heterocycles. The minimum absolute atomic E-state index is 0.272. The van der Waals surface area contributed by atoms with E-state index in [1.165, 1.54) is 5.56 Å². The summed E-state index contributed by atoms with van der Waals surface area (Å²) in [7, 11) is 5.56. The van der Waals surface area contributed by atoms with Crippen LogP contribution in [0.2, 0.25) is 0 Å². The highest BCUT2D eigenvalue weighted by atomic mass is 14.6. The van der Waals surface area contributed by atoms with Gasteiger partial charge in [0.2, 0.25) is 0 Å². The van der Waals surface area contributed by atoms with E-state index in [0.29, 0.717) is 0 Å². The lowest BCUT2D eigenvalue weighted by Gasteiger charge is -2.08. The summed E-state index contributed by atoms with van der Waals surface area (Å²) in [5.41, 5.74) is 7.88. The van der Waals surface area contributed by atoms with E-state index in [1.807, 2.05) is 24.3 Å². The first kappa shape index (κ1) is 9.33. The van der Waals surface area contributed by atoms with Crippen molar-refractivity contribution in [3.8, 4) is 0 Å². The number of hydrogen-bond acceptors (Lipinski definition) is 1. The van der Waals surface area contributed by atoms with Crippen molar-refractivity contribution in [2.45, 2.75) is 25.8 Å². The fourth-order valence-electron chi connectivity index (χ4n) is 1.10. The van der Waals surface area contributed by atoms with E-state index in [2.05, 4.69) is 6.92 Å². The summed E-state index contributed by atoms with van der Waals surface area (Å²) >= 11 is 0. The van der Waals surface area contributed by atoms with Crippen molar-refractivity contribution < 1.29 is 0 Å². The second kappa shape index (κ2) is 4.32.